The predicted octanol–water partition coefficient (Wildman–Crippen LogP) is 4.19. The highest BCUT2D eigenvalue weighted by Crippen LogP contribution is 2.02. The van der Waals surface area contributed by atoms with Gasteiger partial charge in [-0.25, -0.2) is 4.79 Å². The molecule has 0 aliphatic rings. The smallest absolute Gasteiger partial charge is 0.330 e. The normalized spacial score (nSPS) is 11.9. The van der Waals surface area contributed by atoms with Crippen LogP contribution in [0.2, 0.25) is 0 Å². The molecule has 0 rings (SSSR count). The van der Waals surface area contributed by atoms with Crippen LogP contribution in [0.3, 0.4) is 0 Å². The quantitative estimate of drug-likeness (QED) is 0.260. The summed E-state index contributed by atoms with van der Waals surface area (Å²) in [5.41, 5.74) is 0. The van der Waals surface area contributed by atoms with E-state index in [9.17, 15) is 4.79 Å². The van der Waals surface area contributed by atoms with Crippen LogP contribution in [0.1, 0.15) is 46.0 Å². The molecule has 0 aliphatic carbocycles. The number of ether oxygens (including phenoxy) is 1. The van der Waals surface area contributed by atoms with E-state index in [1.165, 1.54) is 31.8 Å². The summed E-state index contributed by atoms with van der Waals surface area (Å²) in [6.07, 6.45) is 17.4. The molecule has 0 aromatic carbocycles. The van der Waals surface area contributed by atoms with Gasteiger partial charge in [-0.05, 0) is 19.8 Å². The Kier molecular flexibility index (Phi) is 11.8. The van der Waals surface area contributed by atoms with Gasteiger partial charge >= 0.3 is 5.97 Å². The molecule has 0 saturated heterocycles. The lowest BCUT2D eigenvalue weighted by Crippen LogP contribution is -1.98. The number of allylic oxidation sites excluding steroid dienone is 5. The standard InChI is InChI=1S/C15H24O2/c1-3-5-6-7-8-9-10-11-12-13-14-15(16)17-4-2/h9-14H,3-8H2,1-2H3/b10-9+,12-11+,14-13+. The number of unbranched alkanes of at least 4 members (excludes halogenated alkanes) is 4. The van der Waals surface area contributed by atoms with Gasteiger partial charge in [0.1, 0.15) is 0 Å². The van der Waals surface area contributed by atoms with Gasteiger partial charge in [0.15, 0.2) is 0 Å². The highest BCUT2D eigenvalue weighted by Gasteiger charge is 1.89. The first-order chi connectivity index (χ1) is 8.31. The van der Waals surface area contributed by atoms with Gasteiger partial charge in [0.05, 0.1) is 6.61 Å². The summed E-state index contributed by atoms with van der Waals surface area (Å²) in [4.78, 5) is 10.9. The average molecular weight is 236 g/mol. The van der Waals surface area contributed by atoms with Gasteiger partial charge in [-0.3, -0.25) is 0 Å². The molecule has 17 heavy (non-hydrogen) atoms. The summed E-state index contributed by atoms with van der Waals surface area (Å²) < 4.78 is 4.75. The second-order valence-electron chi connectivity index (χ2n) is 3.77. The maximum atomic E-state index is 10.9. The molecule has 0 N–H and O–H groups in total. The van der Waals surface area contributed by atoms with Crippen molar-refractivity contribution in [1.29, 1.82) is 0 Å². The fourth-order valence-electron chi connectivity index (χ4n) is 1.32. The number of esters is 1. The van der Waals surface area contributed by atoms with Crippen molar-refractivity contribution in [3.05, 3.63) is 36.5 Å². The maximum absolute atomic E-state index is 10.9. The van der Waals surface area contributed by atoms with Crippen LogP contribution in [-0.4, -0.2) is 12.6 Å². The van der Waals surface area contributed by atoms with Crippen molar-refractivity contribution < 1.29 is 9.53 Å². The van der Waals surface area contributed by atoms with E-state index >= 15 is 0 Å². The lowest BCUT2D eigenvalue weighted by atomic mass is 10.1. The Balaban J connectivity index is 3.52. The van der Waals surface area contributed by atoms with E-state index in [0.29, 0.717) is 6.61 Å². The van der Waals surface area contributed by atoms with Crippen LogP contribution < -0.4 is 0 Å². The monoisotopic (exact) mass is 236 g/mol. The highest BCUT2D eigenvalue weighted by molar-refractivity contribution is 5.82. The van der Waals surface area contributed by atoms with Crippen LogP contribution in [0.5, 0.6) is 0 Å². The largest absolute Gasteiger partial charge is 0.463 e. The molecule has 0 atom stereocenters. The van der Waals surface area contributed by atoms with E-state index in [1.807, 2.05) is 18.2 Å². The van der Waals surface area contributed by atoms with Gasteiger partial charge in [0.2, 0.25) is 0 Å². The topological polar surface area (TPSA) is 26.3 Å². The van der Waals surface area contributed by atoms with Gasteiger partial charge in [0.25, 0.3) is 0 Å². The molecule has 2 heteroatoms. The summed E-state index contributed by atoms with van der Waals surface area (Å²) in [6.45, 7) is 4.43. The number of carbonyl (C=O) groups is 1. The Hall–Kier alpha value is -1.31. The minimum absolute atomic E-state index is 0.291. The molecule has 0 unspecified atom stereocenters. The summed E-state index contributed by atoms with van der Waals surface area (Å²) in [7, 11) is 0. The molecule has 0 radical (unpaired) electrons. The minimum atomic E-state index is -0.291. The molecule has 0 spiro atoms. The lowest BCUT2D eigenvalue weighted by molar-refractivity contribution is -0.137. The van der Waals surface area contributed by atoms with Gasteiger partial charge in [-0.1, -0.05) is 56.6 Å². The molecule has 0 aliphatic heterocycles. The number of carbonyl (C=O) groups excluding carboxylic acids is 1. The fourth-order valence-corrected chi connectivity index (χ4v) is 1.32. The van der Waals surface area contributed by atoms with Gasteiger partial charge < -0.3 is 4.74 Å². The lowest BCUT2D eigenvalue weighted by Gasteiger charge is -1.93. The second kappa shape index (κ2) is 12.8. The highest BCUT2D eigenvalue weighted by atomic mass is 16.5. The summed E-state index contributed by atoms with van der Waals surface area (Å²) in [5.74, 6) is -0.291. The van der Waals surface area contributed by atoms with Crippen molar-refractivity contribution in [3.63, 3.8) is 0 Å². The van der Waals surface area contributed by atoms with Crippen molar-refractivity contribution in [3.8, 4) is 0 Å². The van der Waals surface area contributed by atoms with Gasteiger partial charge in [0, 0.05) is 6.08 Å². The van der Waals surface area contributed by atoms with E-state index in [4.69, 9.17) is 4.74 Å². The molecule has 0 fully saturated rings. The Morgan fingerprint density at radius 2 is 1.76 bits per heavy atom. The summed E-state index contributed by atoms with van der Waals surface area (Å²) in [6, 6.07) is 0. The van der Waals surface area contributed by atoms with E-state index in [1.54, 1.807) is 13.0 Å². The van der Waals surface area contributed by atoms with E-state index in [2.05, 4.69) is 13.0 Å². The molecule has 2 nitrogen and oxygen atoms in total. The molecule has 96 valence electrons. The maximum Gasteiger partial charge on any atom is 0.330 e. The summed E-state index contributed by atoms with van der Waals surface area (Å²) >= 11 is 0. The number of hydrogen-bond acceptors (Lipinski definition) is 2. The SMILES string of the molecule is CCCCCC/C=C/C=C/C=C/C(=O)OCC. The van der Waals surface area contributed by atoms with Crippen LogP contribution >= 0.6 is 0 Å². The summed E-state index contributed by atoms with van der Waals surface area (Å²) in [5, 5.41) is 0. The van der Waals surface area contributed by atoms with Crippen LogP contribution in [0, 0.1) is 0 Å². The third kappa shape index (κ3) is 12.6. The molecule has 0 heterocycles. The average Bonchev–Trinajstić information content (AvgIpc) is 2.32. The molecular formula is C15H24O2. The van der Waals surface area contributed by atoms with Crippen LogP contribution in [0.4, 0.5) is 0 Å². The third-order valence-electron chi connectivity index (χ3n) is 2.21. The molecule has 0 aromatic rings. The Morgan fingerprint density at radius 3 is 2.47 bits per heavy atom. The Bertz CT molecular complexity index is 262. The minimum Gasteiger partial charge on any atom is -0.463 e. The van der Waals surface area contributed by atoms with Crippen LogP contribution in [0.15, 0.2) is 36.5 Å². The number of rotatable bonds is 9. The molecule has 0 saturated carbocycles. The van der Waals surface area contributed by atoms with E-state index in [-0.39, 0.29) is 5.97 Å². The molecule has 0 amide bonds. The van der Waals surface area contributed by atoms with Crippen molar-refractivity contribution in [1.82, 2.24) is 0 Å². The molecular weight excluding hydrogens is 212 g/mol. The predicted molar refractivity (Wildman–Crippen MR) is 72.8 cm³/mol. The van der Waals surface area contributed by atoms with Crippen LogP contribution in [0.25, 0.3) is 0 Å². The van der Waals surface area contributed by atoms with Crippen molar-refractivity contribution in [2.75, 3.05) is 6.61 Å². The van der Waals surface area contributed by atoms with E-state index < -0.39 is 0 Å². The van der Waals surface area contributed by atoms with Gasteiger partial charge in [-0.15, -0.1) is 0 Å². The molecule has 0 bridgehead atoms. The molecule has 0 aromatic heterocycles. The third-order valence-corrected chi connectivity index (χ3v) is 2.21. The first-order valence-electron chi connectivity index (χ1n) is 6.47. The first kappa shape index (κ1) is 15.7. The van der Waals surface area contributed by atoms with Gasteiger partial charge in [-0.2, -0.15) is 0 Å². The number of hydrogen-bond donors (Lipinski definition) is 0. The van der Waals surface area contributed by atoms with Crippen LogP contribution in [-0.2, 0) is 9.53 Å². The van der Waals surface area contributed by atoms with Crippen molar-refractivity contribution in [2.45, 2.75) is 46.0 Å². The van der Waals surface area contributed by atoms with E-state index in [0.717, 1.165) is 6.42 Å². The van der Waals surface area contributed by atoms with Crippen molar-refractivity contribution >= 4 is 5.97 Å². The van der Waals surface area contributed by atoms with Crippen molar-refractivity contribution in [2.24, 2.45) is 0 Å². The first-order valence-corrected chi connectivity index (χ1v) is 6.47. The Labute approximate surface area is 105 Å². The fraction of sp³-hybridized carbons (Fsp3) is 0.533. The zero-order valence-electron chi connectivity index (χ0n) is 11.0. The Morgan fingerprint density at radius 1 is 1.00 bits per heavy atom. The zero-order valence-corrected chi connectivity index (χ0v) is 11.0. The zero-order chi connectivity index (χ0) is 12.8. The second-order valence-corrected chi connectivity index (χ2v) is 3.77.